The smallest absolute Gasteiger partial charge is 0.182 e. The van der Waals surface area contributed by atoms with Crippen LogP contribution in [0.1, 0.15) is 11.9 Å². The van der Waals surface area contributed by atoms with Crippen molar-refractivity contribution in [1.82, 2.24) is 15.2 Å². The molecule has 1 rings (SSSR count). The van der Waals surface area contributed by atoms with Crippen molar-refractivity contribution in [1.29, 1.82) is 0 Å². The minimum absolute atomic E-state index is 0.352. The van der Waals surface area contributed by atoms with Gasteiger partial charge in [-0.3, -0.25) is 5.10 Å². The second-order valence-corrected chi connectivity index (χ2v) is 1.54. The topological polar surface area (TPSA) is 61.8 Å². The molecular formula is C5H7N3O. The molecule has 0 radical (unpaired) electrons. The van der Waals surface area contributed by atoms with E-state index in [1.807, 2.05) is 0 Å². The van der Waals surface area contributed by atoms with Crippen molar-refractivity contribution in [2.75, 3.05) is 0 Å². The summed E-state index contributed by atoms with van der Waals surface area (Å²) in [4.78, 5) is 3.70. The number of hydrogen-bond donors (Lipinski definition) is 2. The van der Waals surface area contributed by atoms with Crippen LogP contribution >= 0.6 is 0 Å². The van der Waals surface area contributed by atoms with Gasteiger partial charge in [0.2, 0.25) is 0 Å². The van der Waals surface area contributed by atoms with E-state index < -0.39 is 6.10 Å². The van der Waals surface area contributed by atoms with Gasteiger partial charge in [-0.2, -0.15) is 5.10 Å². The first kappa shape index (κ1) is 5.97. The van der Waals surface area contributed by atoms with Crippen molar-refractivity contribution in [3.8, 4) is 0 Å². The summed E-state index contributed by atoms with van der Waals surface area (Å²) in [5, 5.41) is 15.1. The number of aliphatic hydroxyl groups excluding tert-OH is 1. The number of aromatic nitrogens is 3. The molecule has 1 aromatic rings. The van der Waals surface area contributed by atoms with Crippen LogP contribution in [-0.4, -0.2) is 20.3 Å². The van der Waals surface area contributed by atoms with Crippen molar-refractivity contribution >= 4 is 0 Å². The molecule has 0 aliphatic rings. The molecule has 1 heterocycles. The number of rotatable bonds is 2. The van der Waals surface area contributed by atoms with Crippen LogP contribution in [0.15, 0.2) is 19.0 Å². The van der Waals surface area contributed by atoms with Crippen LogP contribution in [0.4, 0.5) is 0 Å². The molecule has 1 aromatic heterocycles. The van der Waals surface area contributed by atoms with Crippen LogP contribution in [0.3, 0.4) is 0 Å². The molecule has 0 saturated carbocycles. The average Bonchev–Trinajstić information content (AvgIpc) is 2.37. The van der Waals surface area contributed by atoms with E-state index in [4.69, 9.17) is 5.11 Å². The fourth-order valence-corrected chi connectivity index (χ4v) is 0.467. The number of nitrogens with zero attached hydrogens (tertiary/aromatic N) is 2. The van der Waals surface area contributed by atoms with Gasteiger partial charge in [0.15, 0.2) is 5.82 Å². The third kappa shape index (κ3) is 1.14. The van der Waals surface area contributed by atoms with Gasteiger partial charge in [-0.15, -0.1) is 6.58 Å². The van der Waals surface area contributed by atoms with Crippen molar-refractivity contribution in [2.45, 2.75) is 6.10 Å². The van der Waals surface area contributed by atoms with Gasteiger partial charge in [-0.1, -0.05) is 6.08 Å². The number of nitrogens with one attached hydrogen (secondary N) is 1. The Labute approximate surface area is 52.2 Å². The van der Waals surface area contributed by atoms with Crippen molar-refractivity contribution < 1.29 is 5.11 Å². The Hall–Kier alpha value is -1.16. The molecule has 0 spiro atoms. The first-order valence-corrected chi connectivity index (χ1v) is 2.51. The molecule has 2 N–H and O–H groups in total. The lowest BCUT2D eigenvalue weighted by Gasteiger charge is -1.94. The van der Waals surface area contributed by atoms with Gasteiger partial charge in [-0.25, -0.2) is 4.98 Å². The van der Waals surface area contributed by atoms with E-state index in [0.717, 1.165) is 0 Å². The molecule has 1 atom stereocenters. The van der Waals surface area contributed by atoms with Crippen molar-refractivity contribution in [2.24, 2.45) is 0 Å². The lowest BCUT2D eigenvalue weighted by atomic mass is 10.3. The van der Waals surface area contributed by atoms with Crippen LogP contribution in [-0.2, 0) is 0 Å². The van der Waals surface area contributed by atoms with Crippen LogP contribution in [0.25, 0.3) is 0 Å². The molecule has 0 saturated heterocycles. The maximum Gasteiger partial charge on any atom is 0.182 e. The second-order valence-electron chi connectivity index (χ2n) is 1.54. The van der Waals surface area contributed by atoms with Crippen LogP contribution in [0.5, 0.6) is 0 Å². The van der Waals surface area contributed by atoms with Crippen molar-refractivity contribution in [3.63, 3.8) is 0 Å². The van der Waals surface area contributed by atoms with Gasteiger partial charge in [0.25, 0.3) is 0 Å². The van der Waals surface area contributed by atoms with Gasteiger partial charge in [-0.05, 0) is 0 Å². The van der Waals surface area contributed by atoms with Crippen LogP contribution < -0.4 is 0 Å². The fourth-order valence-electron chi connectivity index (χ4n) is 0.467. The minimum Gasteiger partial charge on any atom is -0.381 e. The van der Waals surface area contributed by atoms with Gasteiger partial charge in [0.1, 0.15) is 12.4 Å². The van der Waals surface area contributed by atoms with E-state index in [-0.39, 0.29) is 0 Å². The monoisotopic (exact) mass is 125 g/mol. The van der Waals surface area contributed by atoms with E-state index in [9.17, 15) is 0 Å². The lowest BCUT2D eigenvalue weighted by molar-refractivity contribution is 0.219. The summed E-state index contributed by atoms with van der Waals surface area (Å²) in [6.45, 7) is 3.37. The number of aliphatic hydroxyl groups is 1. The second kappa shape index (κ2) is 2.41. The van der Waals surface area contributed by atoms with E-state index >= 15 is 0 Å². The molecule has 0 fully saturated rings. The van der Waals surface area contributed by atoms with Gasteiger partial charge < -0.3 is 5.11 Å². The summed E-state index contributed by atoms with van der Waals surface area (Å²) in [5.41, 5.74) is 0. The number of aromatic amines is 1. The SMILES string of the molecule is C=CC(O)c1nc[nH]n1. The molecule has 9 heavy (non-hydrogen) atoms. The molecular weight excluding hydrogens is 118 g/mol. The average molecular weight is 125 g/mol. The summed E-state index contributed by atoms with van der Waals surface area (Å²) in [6, 6.07) is 0. The highest BCUT2D eigenvalue weighted by molar-refractivity contribution is 4.95. The third-order valence-corrected chi connectivity index (χ3v) is 0.921. The minimum atomic E-state index is -0.753. The largest absolute Gasteiger partial charge is 0.381 e. The quantitative estimate of drug-likeness (QED) is 0.548. The molecule has 0 aliphatic carbocycles. The summed E-state index contributed by atoms with van der Waals surface area (Å²) in [5.74, 6) is 0.352. The van der Waals surface area contributed by atoms with E-state index in [1.165, 1.54) is 12.4 Å². The zero-order valence-corrected chi connectivity index (χ0v) is 4.78. The molecule has 0 bridgehead atoms. The first-order chi connectivity index (χ1) is 4.34. The lowest BCUT2D eigenvalue weighted by Crippen LogP contribution is -1.94. The number of H-pyrrole nitrogens is 1. The zero-order chi connectivity index (χ0) is 6.69. The molecule has 1 unspecified atom stereocenters. The van der Waals surface area contributed by atoms with Gasteiger partial charge >= 0.3 is 0 Å². The molecule has 0 aromatic carbocycles. The van der Waals surface area contributed by atoms with Gasteiger partial charge in [0.05, 0.1) is 0 Å². The van der Waals surface area contributed by atoms with Crippen molar-refractivity contribution in [3.05, 3.63) is 24.8 Å². The zero-order valence-electron chi connectivity index (χ0n) is 4.78. The molecule has 4 nitrogen and oxygen atoms in total. The fraction of sp³-hybridized carbons (Fsp3) is 0.200. The Morgan fingerprint density at radius 1 is 1.89 bits per heavy atom. The predicted molar refractivity (Wildman–Crippen MR) is 31.5 cm³/mol. The molecule has 48 valence electrons. The Balaban J connectivity index is 2.76. The Morgan fingerprint density at radius 2 is 2.67 bits per heavy atom. The maximum absolute atomic E-state index is 8.96. The first-order valence-electron chi connectivity index (χ1n) is 2.51. The summed E-state index contributed by atoms with van der Waals surface area (Å²) < 4.78 is 0. The van der Waals surface area contributed by atoms with E-state index in [2.05, 4.69) is 21.8 Å². The van der Waals surface area contributed by atoms with Crippen LogP contribution in [0, 0.1) is 0 Å². The molecule has 0 aliphatic heterocycles. The Morgan fingerprint density at radius 3 is 3.11 bits per heavy atom. The highest BCUT2D eigenvalue weighted by Crippen LogP contribution is 2.03. The molecule has 0 amide bonds. The number of hydrogen-bond acceptors (Lipinski definition) is 3. The maximum atomic E-state index is 8.96. The highest BCUT2D eigenvalue weighted by atomic mass is 16.3. The highest BCUT2D eigenvalue weighted by Gasteiger charge is 2.03. The Bertz CT molecular complexity index is 182. The summed E-state index contributed by atoms with van der Waals surface area (Å²) >= 11 is 0. The summed E-state index contributed by atoms with van der Waals surface area (Å²) in [7, 11) is 0. The predicted octanol–water partition coefficient (Wildman–Crippen LogP) is 0.0241. The normalized spacial score (nSPS) is 13.0. The van der Waals surface area contributed by atoms with Crippen LogP contribution in [0.2, 0.25) is 0 Å². The standard InChI is InChI=1S/C5H7N3O/c1-2-4(9)5-6-3-7-8-5/h2-4,9H,1H2,(H,6,7,8). The molecule has 4 heteroatoms. The third-order valence-electron chi connectivity index (χ3n) is 0.921. The van der Waals surface area contributed by atoms with Gasteiger partial charge in [0, 0.05) is 0 Å². The summed E-state index contributed by atoms with van der Waals surface area (Å²) in [6.07, 6.45) is 2.02. The van der Waals surface area contributed by atoms with E-state index in [0.29, 0.717) is 5.82 Å². The van der Waals surface area contributed by atoms with E-state index in [1.54, 1.807) is 0 Å². The Kier molecular flexibility index (Phi) is 1.60.